The van der Waals surface area contributed by atoms with Crippen LogP contribution in [0.25, 0.3) is 0 Å². The molecule has 1 rings (SSSR count). The molecule has 0 spiro atoms. The minimum atomic E-state index is 0.573. The molecular formula is C17H25N. The Morgan fingerprint density at radius 1 is 1.17 bits per heavy atom. The molecular weight excluding hydrogens is 218 g/mol. The van der Waals surface area contributed by atoms with Gasteiger partial charge < -0.3 is 5.32 Å². The average Bonchev–Trinajstić information content (AvgIpc) is 2.38. The van der Waals surface area contributed by atoms with Gasteiger partial charge in [-0.25, -0.2) is 0 Å². The SMILES string of the molecule is CC/C=C(\C=C(/CC)Nc1ccccc1)C(C)C. The number of anilines is 1. The maximum atomic E-state index is 3.49. The topological polar surface area (TPSA) is 12.0 Å². The number of rotatable bonds is 6. The van der Waals surface area contributed by atoms with Crippen molar-refractivity contribution in [3.05, 3.63) is 53.8 Å². The van der Waals surface area contributed by atoms with Gasteiger partial charge in [0.15, 0.2) is 0 Å². The van der Waals surface area contributed by atoms with Crippen LogP contribution in [-0.2, 0) is 0 Å². The van der Waals surface area contributed by atoms with Crippen LogP contribution in [0.15, 0.2) is 53.8 Å². The highest BCUT2D eigenvalue weighted by atomic mass is 14.9. The lowest BCUT2D eigenvalue weighted by Gasteiger charge is -2.13. The second kappa shape index (κ2) is 7.75. The summed E-state index contributed by atoms with van der Waals surface area (Å²) in [5.74, 6) is 0.573. The standard InChI is InChI=1S/C17H25N/c1-5-10-15(14(3)4)13-16(6-2)18-17-11-8-7-9-12-17/h7-14,18H,5-6H2,1-4H3/b15-10+,16-13+. The van der Waals surface area contributed by atoms with E-state index in [4.69, 9.17) is 0 Å². The molecule has 1 heteroatoms. The first kappa shape index (κ1) is 14.6. The van der Waals surface area contributed by atoms with Gasteiger partial charge in [-0.1, -0.05) is 52.0 Å². The summed E-state index contributed by atoms with van der Waals surface area (Å²) in [6.07, 6.45) is 6.71. The largest absolute Gasteiger partial charge is 0.359 e. The zero-order valence-corrected chi connectivity index (χ0v) is 12.0. The maximum Gasteiger partial charge on any atom is 0.0381 e. The molecule has 0 aliphatic carbocycles. The quantitative estimate of drug-likeness (QED) is 0.661. The summed E-state index contributed by atoms with van der Waals surface area (Å²) in [4.78, 5) is 0. The number of allylic oxidation sites excluding steroid dienone is 4. The Hall–Kier alpha value is -1.50. The van der Waals surface area contributed by atoms with E-state index in [2.05, 4.69) is 69.4 Å². The van der Waals surface area contributed by atoms with Crippen molar-refractivity contribution in [1.29, 1.82) is 0 Å². The van der Waals surface area contributed by atoms with Crippen LogP contribution in [0, 0.1) is 5.92 Å². The van der Waals surface area contributed by atoms with Crippen molar-refractivity contribution < 1.29 is 0 Å². The van der Waals surface area contributed by atoms with Crippen molar-refractivity contribution in [2.45, 2.75) is 40.5 Å². The van der Waals surface area contributed by atoms with Crippen LogP contribution >= 0.6 is 0 Å². The van der Waals surface area contributed by atoms with Gasteiger partial charge in [-0.05, 0) is 42.5 Å². The summed E-state index contributed by atoms with van der Waals surface area (Å²) in [7, 11) is 0. The first-order valence-corrected chi connectivity index (χ1v) is 6.90. The third-order valence-electron chi connectivity index (χ3n) is 2.91. The fourth-order valence-corrected chi connectivity index (χ4v) is 1.83. The molecule has 0 fully saturated rings. The van der Waals surface area contributed by atoms with Crippen molar-refractivity contribution in [1.82, 2.24) is 0 Å². The van der Waals surface area contributed by atoms with Crippen LogP contribution in [0.2, 0.25) is 0 Å². The van der Waals surface area contributed by atoms with Gasteiger partial charge in [0.25, 0.3) is 0 Å². The molecule has 1 nitrogen and oxygen atoms in total. The van der Waals surface area contributed by atoms with Crippen molar-refractivity contribution >= 4 is 5.69 Å². The number of para-hydroxylation sites is 1. The molecule has 0 aliphatic rings. The van der Waals surface area contributed by atoms with E-state index in [0.717, 1.165) is 18.5 Å². The number of nitrogens with one attached hydrogen (secondary N) is 1. The van der Waals surface area contributed by atoms with Crippen molar-refractivity contribution in [2.24, 2.45) is 5.92 Å². The zero-order valence-electron chi connectivity index (χ0n) is 12.0. The molecule has 18 heavy (non-hydrogen) atoms. The highest BCUT2D eigenvalue weighted by Crippen LogP contribution is 2.18. The summed E-state index contributed by atoms with van der Waals surface area (Å²) in [5, 5.41) is 3.49. The van der Waals surface area contributed by atoms with Crippen LogP contribution in [-0.4, -0.2) is 0 Å². The fourth-order valence-electron chi connectivity index (χ4n) is 1.83. The van der Waals surface area contributed by atoms with E-state index in [9.17, 15) is 0 Å². The van der Waals surface area contributed by atoms with Gasteiger partial charge in [0, 0.05) is 11.4 Å². The molecule has 0 amide bonds. The Labute approximate surface area is 112 Å². The molecule has 1 N–H and O–H groups in total. The molecule has 0 aliphatic heterocycles. The Balaban J connectivity index is 2.85. The van der Waals surface area contributed by atoms with Gasteiger partial charge in [-0.3, -0.25) is 0 Å². The third kappa shape index (κ3) is 4.79. The minimum Gasteiger partial charge on any atom is -0.359 e. The predicted octanol–water partition coefficient (Wildman–Crippen LogP) is 5.38. The summed E-state index contributed by atoms with van der Waals surface area (Å²) in [6, 6.07) is 10.4. The van der Waals surface area contributed by atoms with Crippen LogP contribution in [0.4, 0.5) is 5.69 Å². The van der Waals surface area contributed by atoms with Gasteiger partial charge in [0.05, 0.1) is 0 Å². The molecule has 0 heterocycles. The molecule has 1 aromatic rings. The average molecular weight is 243 g/mol. The molecule has 0 radical (unpaired) electrons. The fraction of sp³-hybridized carbons (Fsp3) is 0.412. The lowest BCUT2D eigenvalue weighted by atomic mass is 10.0. The van der Waals surface area contributed by atoms with Crippen LogP contribution < -0.4 is 5.32 Å². The van der Waals surface area contributed by atoms with Crippen molar-refractivity contribution in [3.8, 4) is 0 Å². The van der Waals surface area contributed by atoms with E-state index < -0.39 is 0 Å². The van der Waals surface area contributed by atoms with Crippen molar-refractivity contribution in [3.63, 3.8) is 0 Å². The molecule has 98 valence electrons. The van der Waals surface area contributed by atoms with Gasteiger partial charge in [0.1, 0.15) is 0 Å². The van der Waals surface area contributed by atoms with Gasteiger partial charge >= 0.3 is 0 Å². The molecule has 0 unspecified atom stereocenters. The second-order valence-electron chi connectivity index (χ2n) is 4.78. The molecule has 0 bridgehead atoms. The lowest BCUT2D eigenvalue weighted by Crippen LogP contribution is -2.01. The molecule has 0 saturated heterocycles. The van der Waals surface area contributed by atoms with E-state index >= 15 is 0 Å². The second-order valence-corrected chi connectivity index (χ2v) is 4.78. The summed E-state index contributed by atoms with van der Waals surface area (Å²) >= 11 is 0. The monoisotopic (exact) mass is 243 g/mol. The van der Waals surface area contributed by atoms with E-state index in [1.165, 1.54) is 11.3 Å². The van der Waals surface area contributed by atoms with E-state index in [0.29, 0.717) is 5.92 Å². The normalized spacial score (nSPS) is 12.9. The highest BCUT2D eigenvalue weighted by molar-refractivity contribution is 5.49. The summed E-state index contributed by atoms with van der Waals surface area (Å²) in [6.45, 7) is 8.86. The van der Waals surface area contributed by atoms with E-state index in [1.807, 2.05) is 6.07 Å². The van der Waals surface area contributed by atoms with Gasteiger partial charge in [-0.15, -0.1) is 0 Å². The van der Waals surface area contributed by atoms with Crippen LogP contribution in [0.3, 0.4) is 0 Å². The zero-order chi connectivity index (χ0) is 13.4. The van der Waals surface area contributed by atoms with Gasteiger partial charge in [0.2, 0.25) is 0 Å². The molecule has 0 aromatic heterocycles. The third-order valence-corrected chi connectivity index (χ3v) is 2.91. The smallest absolute Gasteiger partial charge is 0.0381 e. The molecule has 0 saturated carbocycles. The number of benzene rings is 1. The minimum absolute atomic E-state index is 0.573. The molecule has 1 aromatic carbocycles. The Bertz CT molecular complexity index is 399. The highest BCUT2D eigenvalue weighted by Gasteiger charge is 2.02. The predicted molar refractivity (Wildman–Crippen MR) is 81.7 cm³/mol. The maximum absolute atomic E-state index is 3.49. The number of hydrogen-bond acceptors (Lipinski definition) is 1. The van der Waals surface area contributed by atoms with Gasteiger partial charge in [-0.2, -0.15) is 0 Å². The Morgan fingerprint density at radius 2 is 1.83 bits per heavy atom. The first-order chi connectivity index (χ1) is 8.67. The van der Waals surface area contributed by atoms with E-state index in [-0.39, 0.29) is 0 Å². The summed E-state index contributed by atoms with van der Waals surface area (Å²) in [5.41, 5.74) is 3.84. The van der Waals surface area contributed by atoms with Crippen LogP contribution in [0.1, 0.15) is 40.5 Å². The first-order valence-electron chi connectivity index (χ1n) is 6.90. The molecule has 0 atom stereocenters. The lowest BCUT2D eigenvalue weighted by molar-refractivity contribution is 0.782. The summed E-state index contributed by atoms with van der Waals surface area (Å²) < 4.78 is 0. The Morgan fingerprint density at radius 3 is 2.33 bits per heavy atom. The van der Waals surface area contributed by atoms with Crippen molar-refractivity contribution in [2.75, 3.05) is 5.32 Å². The van der Waals surface area contributed by atoms with E-state index in [1.54, 1.807) is 0 Å². The van der Waals surface area contributed by atoms with Crippen LogP contribution in [0.5, 0.6) is 0 Å². The number of hydrogen-bond donors (Lipinski definition) is 1. The Kier molecular flexibility index (Phi) is 6.27.